The number of phenols is 1. The van der Waals surface area contributed by atoms with Crippen LogP contribution < -0.4 is 0 Å². The Kier molecular flexibility index (Phi) is 2.68. The summed E-state index contributed by atoms with van der Waals surface area (Å²) >= 11 is 0. The van der Waals surface area contributed by atoms with Crippen LogP contribution in [-0.2, 0) is 6.42 Å². The fourth-order valence-corrected chi connectivity index (χ4v) is 1.76. The van der Waals surface area contributed by atoms with E-state index in [0.29, 0.717) is 23.8 Å². The number of pyridine rings is 1. The van der Waals surface area contributed by atoms with Crippen molar-refractivity contribution in [1.82, 2.24) is 4.98 Å². The number of allylic oxidation sites excluding steroid dienone is 1. The molecule has 0 amide bonds. The monoisotopic (exact) mass is 213 g/mol. The SMILES string of the molecule is C=CCc1c(O)c(C=O)cc2ccncc12. The van der Waals surface area contributed by atoms with Gasteiger partial charge in [-0.3, -0.25) is 9.78 Å². The summed E-state index contributed by atoms with van der Waals surface area (Å²) < 4.78 is 0. The van der Waals surface area contributed by atoms with E-state index in [9.17, 15) is 9.90 Å². The van der Waals surface area contributed by atoms with Gasteiger partial charge >= 0.3 is 0 Å². The zero-order chi connectivity index (χ0) is 11.5. The molecule has 0 fully saturated rings. The van der Waals surface area contributed by atoms with Crippen LogP contribution in [0.5, 0.6) is 5.75 Å². The Morgan fingerprint density at radius 1 is 1.50 bits per heavy atom. The van der Waals surface area contributed by atoms with Crippen LogP contribution in [0.4, 0.5) is 0 Å². The third kappa shape index (κ3) is 1.56. The third-order valence-corrected chi connectivity index (χ3v) is 2.53. The highest BCUT2D eigenvalue weighted by Crippen LogP contribution is 2.30. The predicted octanol–water partition coefficient (Wildman–Crippen LogP) is 2.48. The number of nitrogens with zero attached hydrogens (tertiary/aromatic N) is 1. The van der Waals surface area contributed by atoms with Gasteiger partial charge in [0.25, 0.3) is 0 Å². The van der Waals surface area contributed by atoms with Crippen molar-refractivity contribution in [3.05, 3.63) is 48.3 Å². The summed E-state index contributed by atoms with van der Waals surface area (Å²) in [5.41, 5.74) is 0.998. The molecule has 2 aromatic rings. The molecular weight excluding hydrogens is 202 g/mol. The molecule has 0 spiro atoms. The van der Waals surface area contributed by atoms with Crippen molar-refractivity contribution in [1.29, 1.82) is 0 Å². The average molecular weight is 213 g/mol. The lowest BCUT2D eigenvalue weighted by Gasteiger charge is -2.08. The second kappa shape index (κ2) is 4.14. The molecule has 1 N–H and O–H groups in total. The number of carbonyl (C=O) groups is 1. The molecule has 0 aliphatic rings. The van der Waals surface area contributed by atoms with Gasteiger partial charge in [0.2, 0.25) is 0 Å². The van der Waals surface area contributed by atoms with Gasteiger partial charge in [-0.15, -0.1) is 6.58 Å². The smallest absolute Gasteiger partial charge is 0.153 e. The van der Waals surface area contributed by atoms with Gasteiger partial charge in [0, 0.05) is 23.3 Å². The maximum atomic E-state index is 10.8. The van der Waals surface area contributed by atoms with E-state index in [1.807, 2.05) is 6.07 Å². The van der Waals surface area contributed by atoms with E-state index in [1.165, 1.54) is 0 Å². The Labute approximate surface area is 93.1 Å². The van der Waals surface area contributed by atoms with E-state index in [1.54, 1.807) is 24.5 Å². The topological polar surface area (TPSA) is 50.2 Å². The van der Waals surface area contributed by atoms with Crippen molar-refractivity contribution in [3.63, 3.8) is 0 Å². The molecule has 80 valence electrons. The molecule has 16 heavy (non-hydrogen) atoms. The standard InChI is InChI=1S/C13H11NO2/c1-2-3-11-12-7-14-5-4-9(12)6-10(8-15)13(11)16/h2,4-8,16H,1,3H2. The summed E-state index contributed by atoms with van der Waals surface area (Å²) in [6.07, 6.45) is 6.20. The second-order valence-electron chi connectivity index (χ2n) is 3.50. The Hall–Kier alpha value is -2.16. The van der Waals surface area contributed by atoms with Crippen LogP contribution in [0.1, 0.15) is 15.9 Å². The van der Waals surface area contributed by atoms with Gasteiger partial charge in [-0.1, -0.05) is 6.08 Å². The zero-order valence-corrected chi connectivity index (χ0v) is 8.68. The number of hydrogen-bond acceptors (Lipinski definition) is 3. The molecule has 0 aliphatic carbocycles. The average Bonchev–Trinajstić information content (AvgIpc) is 2.32. The van der Waals surface area contributed by atoms with Crippen LogP contribution in [-0.4, -0.2) is 16.4 Å². The molecule has 2 rings (SSSR count). The van der Waals surface area contributed by atoms with Crippen molar-refractivity contribution < 1.29 is 9.90 Å². The molecule has 1 aromatic carbocycles. The van der Waals surface area contributed by atoms with Gasteiger partial charge in [-0.25, -0.2) is 0 Å². The molecule has 0 atom stereocenters. The first-order valence-corrected chi connectivity index (χ1v) is 4.92. The lowest BCUT2D eigenvalue weighted by molar-refractivity contribution is 0.112. The fourth-order valence-electron chi connectivity index (χ4n) is 1.76. The highest BCUT2D eigenvalue weighted by Gasteiger charge is 2.10. The molecule has 3 heteroatoms. The Morgan fingerprint density at radius 2 is 2.31 bits per heavy atom. The number of fused-ring (bicyclic) bond motifs is 1. The highest BCUT2D eigenvalue weighted by molar-refractivity contribution is 5.94. The zero-order valence-electron chi connectivity index (χ0n) is 8.68. The summed E-state index contributed by atoms with van der Waals surface area (Å²) in [6, 6.07) is 3.47. The van der Waals surface area contributed by atoms with Gasteiger partial charge in [0.1, 0.15) is 5.75 Å². The van der Waals surface area contributed by atoms with Crippen LogP contribution in [0.25, 0.3) is 10.8 Å². The number of aromatic nitrogens is 1. The Balaban J connectivity index is 2.84. The van der Waals surface area contributed by atoms with Crippen molar-refractivity contribution in [2.75, 3.05) is 0 Å². The third-order valence-electron chi connectivity index (χ3n) is 2.53. The van der Waals surface area contributed by atoms with Crippen LogP contribution in [0, 0.1) is 0 Å². The van der Waals surface area contributed by atoms with Crippen LogP contribution in [0.2, 0.25) is 0 Å². The quantitative estimate of drug-likeness (QED) is 0.629. The number of carbonyl (C=O) groups excluding carboxylic acids is 1. The minimum absolute atomic E-state index is 0.0235. The highest BCUT2D eigenvalue weighted by atomic mass is 16.3. The molecule has 0 unspecified atom stereocenters. The fraction of sp³-hybridized carbons (Fsp3) is 0.0769. The molecule has 3 nitrogen and oxygen atoms in total. The first-order valence-electron chi connectivity index (χ1n) is 4.92. The molecule has 0 saturated heterocycles. The summed E-state index contributed by atoms with van der Waals surface area (Å²) in [5, 5.41) is 11.7. The predicted molar refractivity (Wildman–Crippen MR) is 62.7 cm³/mol. The van der Waals surface area contributed by atoms with Crippen molar-refractivity contribution in [2.45, 2.75) is 6.42 Å². The van der Waals surface area contributed by atoms with E-state index < -0.39 is 0 Å². The van der Waals surface area contributed by atoms with E-state index in [2.05, 4.69) is 11.6 Å². The van der Waals surface area contributed by atoms with Gasteiger partial charge in [-0.2, -0.15) is 0 Å². The lowest BCUT2D eigenvalue weighted by Crippen LogP contribution is -1.92. The van der Waals surface area contributed by atoms with Crippen molar-refractivity contribution in [2.24, 2.45) is 0 Å². The van der Waals surface area contributed by atoms with E-state index >= 15 is 0 Å². The van der Waals surface area contributed by atoms with Crippen molar-refractivity contribution >= 4 is 17.1 Å². The molecule has 0 bridgehead atoms. The van der Waals surface area contributed by atoms with Crippen molar-refractivity contribution in [3.8, 4) is 5.75 Å². The van der Waals surface area contributed by atoms with Gasteiger partial charge in [-0.05, 0) is 23.9 Å². The largest absolute Gasteiger partial charge is 0.507 e. The number of aromatic hydroxyl groups is 1. The van der Waals surface area contributed by atoms with E-state index in [0.717, 1.165) is 10.8 Å². The Bertz CT molecular complexity index is 561. The maximum Gasteiger partial charge on any atom is 0.153 e. The van der Waals surface area contributed by atoms with Gasteiger partial charge < -0.3 is 5.11 Å². The molecular formula is C13H11NO2. The van der Waals surface area contributed by atoms with Gasteiger partial charge in [0.15, 0.2) is 6.29 Å². The minimum atomic E-state index is 0.0235. The molecule has 1 heterocycles. The van der Waals surface area contributed by atoms with E-state index in [-0.39, 0.29) is 5.75 Å². The first-order chi connectivity index (χ1) is 7.77. The number of rotatable bonds is 3. The minimum Gasteiger partial charge on any atom is -0.507 e. The maximum absolute atomic E-state index is 10.8. The molecule has 0 saturated carbocycles. The summed E-state index contributed by atoms with van der Waals surface area (Å²) in [6.45, 7) is 3.64. The summed E-state index contributed by atoms with van der Waals surface area (Å²) in [5.74, 6) is 0.0235. The number of phenolic OH excluding ortho intramolecular Hbond substituents is 1. The lowest BCUT2D eigenvalue weighted by atomic mass is 9.99. The molecule has 0 radical (unpaired) electrons. The summed E-state index contributed by atoms with van der Waals surface area (Å²) in [7, 11) is 0. The molecule has 0 aliphatic heterocycles. The number of hydrogen-bond donors (Lipinski definition) is 1. The second-order valence-corrected chi connectivity index (χ2v) is 3.50. The van der Waals surface area contributed by atoms with E-state index in [4.69, 9.17) is 0 Å². The Morgan fingerprint density at radius 3 is 3.00 bits per heavy atom. The van der Waals surface area contributed by atoms with Crippen LogP contribution in [0.15, 0.2) is 37.2 Å². The number of benzene rings is 1. The van der Waals surface area contributed by atoms with Gasteiger partial charge in [0.05, 0.1) is 5.56 Å². The summed E-state index contributed by atoms with van der Waals surface area (Å²) in [4.78, 5) is 14.8. The van der Waals surface area contributed by atoms with Crippen LogP contribution >= 0.6 is 0 Å². The number of aldehydes is 1. The molecule has 1 aromatic heterocycles. The first kappa shape index (κ1) is 10.4. The van der Waals surface area contributed by atoms with Crippen LogP contribution in [0.3, 0.4) is 0 Å². The normalized spacial score (nSPS) is 10.2.